The molecule has 1 aromatic carbocycles. The van der Waals surface area contributed by atoms with E-state index in [4.69, 9.17) is 0 Å². The fourth-order valence-electron chi connectivity index (χ4n) is 3.54. The van der Waals surface area contributed by atoms with Gasteiger partial charge in [0.1, 0.15) is 11.4 Å². The van der Waals surface area contributed by atoms with Gasteiger partial charge >= 0.3 is 5.97 Å². The average Bonchev–Trinajstić information content (AvgIpc) is 3.54. The van der Waals surface area contributed by atoms with Crippen LogP contribution in [0.25, 0.3) is 10.9 Å². The molecule has 26 heavy (non-hydrogen) atoms. The molecular weight excluding hydrogens is 326 g/mol. The van der Waals surface area contributed by atoms with Crippen LogP contribution in [0.5, 0.6) is 0 Å². The molecule has 0 saturated heterocycles. The standard InChI is InChI=1S/C21H21N3O2/c25-21(26)18-10-16(14-3-4-14)11-22-20(18)23-17-5-6-19-15(9-17)7-8-24(19)12-13-1-2-13/h5-11,13-14H,1-4,12H2,(H,22,23)(H,25,26). The first-order valence-corrected chi connectivity index (χ1v) is 9.26. The number of benzene rings is 1. The summed E-state index contributed by atoms with van der Waals surface area (Å²) in [6.45, 7) is 1.09. The van der Waals surface area contributed by atoms with Gasteiger partial charge in [0.15, 0.2) is 0 Å². The van der Waals surface area contributed by atoms with E-state index < -0.39 is 5.97 Å². The molecule has 2 aliphatic rings. The molecule has 0 atom stereocenters. The van der Waals surface area contributed by atoms with Gasteiger partial charge in [-0.05, 0) is 73.4 Å². The van der Waals surface area contributed by atoms with E-state index in [1.54, 1.807) is 12.3 Å². The van der Waals surface area contributed by atoms with E-state index in [1.165, 1.54) is 18.4 Å². The minimum atomic E-state index is -0.945. The number of hydrogen-bond acceptors (Lipinski definition) is 3. The summed E-state index contributed by atoms with van der Waals surface area (Å²) in [7, 11) is 0. The third-order valence-corrected chi connectivity index (χ3v) is 5.37. The van der Waals surface area contributed by atoms with Gasteiger partial charge in [-0.15, -0.1) is 0 Å². The van der Waals surface area contributed by atoms with Gasteiger partial charge in [0, 0.05) is 35.5 Å². The Kier molecular flexibility index (Phi) is 3.48. The molecule has 0 unspecified atom stereocenters. The zero-order valence-corrected chi connectivity index (χ0v) is 14.5. The summed E-state index contributed by atoms with van der Waals surface area (Å²) in [5.41, 5.74) is 3.34. The van der Waals surface area contributed by atoms with Gasteiger partial charge in [0.25, 0.3) is 0 Å². The maximum absolute atomic E-state index is 11.6. The van der Waals surface area contributed by atoms with Crippen LogP contribution >= 0.6 is 0 Å². The molecule has 2 fully saturated rings. The van der Waals surface area contributed by atoms with Crippen molar-refractivity contribution < 1.29 is 9.90 Å². The first-order valence-electron chi connectivity index (χ1n) is 9.26. The number of rotatable bonds is 6. The topological polar surface area (TPSA) is 67.2 Å². The van der Waals surface area contributed by atoms with Gasteiger partial charge in [-0.1, -0.05) is 0 Å². The summed E-state index contributed by atoms with van der Waals surface area (Å²) < 4.78 is 2.31. The van der Waals surface area contributed by atoms with Crippen LogP contribution in [0.4, 0.5) is 11.5 Å². The van der Waals surface area contributed by atoms with Crippen molar-refractivity contribution in [1.82, 2.24) is 9.55 Å². The second-order valence-electron chi connectivity index (χ2n) is 7.55. The molecule has 0 aliphatic heterocycles. The summed E-state index contributed by atoms with van der Waals surface area (Å²) in [4.78, 5) is 16.0. The number of nitrogens with one attached hydrogen (secondary N) is 1. The zero-order valence-electron chi connectivity index (χ0n) is 14.5. The molecule has 5 nitrogen and oxygen atoms in total. The summed E-state index contributed by atoms with van der Waals surface area (Å²) in [5.74, 6) is 0.769. The van der Waals surface area contributed by atoms with Gasteiger partial charge in [-0.25, -0.2) is 9.78 Å². The predicted octanol–water partition coefficient (Wildman–Crippen LogP) is 4.77. The SMILES string of the molecule is O=C(O)c1cc(C2CC2)cnc1Nc1ccc2c(ccn2CC2CC2)c1. The monoisotopic (exact) mass is 347 g/mol. The molecule has 5 rings (SSSR count). The number of carboxylic acids is 1. The Labute approximate surface area is 151 Å². The first kappa shape index (κ1) is 15.4. The van der Waals surface area contributed by atoms with Crippen LogP contribution in [0.1, 0.15) is 47.5 Å². The molecule has 0 spiro atoms. The highest BCUT2D eigenvalue weighted by atomic mass is 16.4. The van der Waals surface area contributed by atoms with E-state index in [9.17, 15) is 9.90 Å². The molecule has 2 heterocycles. The molecule has 2 aliphatic carbocycles. The number of hydrogen-bond donors (Lipinski definition) is 2. The highest BCUT2D eigenvalue weighted by Crippen LogP contribution is 2.40. The molecule has 2 saturated carbocycles. The lowest BCUT2D eigenvalue weighted by molar-refractivity contribution is 0.0697. The molecule has 0 amide bonds. The third-order valence-electron chi connectivity index (χ3n) is 5.37. The van der Waals surface area contributed by atoms with Crippen molar-refractivity contribution in [3.8, 4) is 0 Å². The van der Waals surface area contributed by atoms with Gasteiger partial charge in [0.05, 0.1) is 0 Å². The molecule has 0 radical (unpaired) electrons. The molecule has 5 heteroatoms. The van der Waals surface area contributed by atoms with Gasteiger partial charge in [-0.2, -0.15) is 0 Å². The quantitative estimate of drug-likeness (QED) is 0.674. The van der Waals surface area contributed by atoms with E-state index in [0.29, 0.717) is 11.7 Å². The Morgan fingerprint density at radius 2 is 2.04 bits per heavy atom. The number of carboxylic acid groups (broad SMARTS) is 1. The summed E-state index contributed by atoms with van der Waals surface area (Å²) >= 11 is 0. The Morgan fingerprint density at radius 1 is 1.19 bits per heavy atom. The van der Waals surface area contributed by atoms with E-state index in [1.807, 2.05) is 6.07 Å². The number of aromatic nitrogens is 2. The second-order valence-corrected chi connectivity index (χ2v) is 7.55. The molecular formula is C21H21N3O2. The number of anilines is 2. The number of pyridine rings is 1. The fourth-order valence-corrected chi connectivity index (χ4v) is 3.54. The Hall–Kier alpha value is -2.82. The van der Waals surface area contributed by atoms with Crippen molar-refractivity contribution in [2.75, 3.05) is 5.32 Å². The largest absolute Gasteiger partial charge is 0.478 e. The van der Waals surface area contributed by atoms with Gasteiger partial charge < -0.3 is 15.0 Å². The van der Waals surface area contributed by atoms with E-state index in [2.05, 4.69) is 39.3 Å². The maximum atomic E-state index is 11.6. The number of carbonyl (C=O) groups is 1. The second kappa shape index (κ2) is 5.87. The number of aromatic carboxylic acids is 1. The highest BCUT2D eigenvalue weighted by Gasteiger charge is 2.26. The minimum Gasteiger partial charge on any atom is -0.478 e. The average molecular weight is 347 g/mol. The normalized spacial score (nSPS) is 16.8. The summed E-state index contributed by atoms with van der Waals surface area (Å²) in [5, 5.41) is 13.9. The Balaban J connectivity index is 1.44. The molecule has 132 valence electrons. The zero-order chi connectivity index (χ0) is 17.7. The number of fused-ring (bicyclic) bond motifs is 1. The van der Waals surface area contributed by atoms with Gasteiger partial charge in [0.2, 0.25) is 0 Å². The summed E-state index contributed by atoms with van der Waals surface area (Å²) in [6.07, 6.45) is 8.86. The molecule has 2 N–H and O–H groups in total. The van der Waals surface area contributed by atoms with E-state index in [-0.39, 0.29) is 5.56 Å². The van der Waals surface area contributed by atoms with Crippen LogP contribution in [0.15, 0.2) is 42.7 Å². The fraction of sp³-hybridized carbons (Fsp3) is 0.333. The van der Waals surface area contributed by atoms with Crippen LogP contribution in [0.2, 0.25) is 0 Å². The van der Waals surface area contributed by atoms with Crippen molar-refractivity contribution in [3.63, 3.8) is 0 Å². The smallest absolute Gasteiger partial charge is 0.339 e. The molecule has 0 bridgehead atoms. The van der Waals surface area contributed by atoms with Crippen molar-refractivity contribution in [1.29, 1.82) is 0 Å². The first-order chi connectivity index (χ1) is 12.7. The van der Waals surface area contributed by atoms with Crippen LogP contribution in [0.3, 0.4) is 0 Å². The third kappa shape index (κ3) is 2.94. The minimum absolute atomic E-state index is 0.237. The van der Waals surface area contributed by atoms with Crippen LogP contribution in [-0.2, 0) is 6.54 Å². The van der Waals surface area contributed by atoms with Crippen molar-refractivity contribution >= 4 is 28.4 Å². The van der Waals surface area contributed by atoms with Crippen LogP contribution in [-0.4, -0.2) is 20.6 Å². The Morgan fingerprint density at radius 3 is 2.77 bits per heavy atom. The van der Waals surface area contributed by atoms with Crippen LogP contribution in [0, 0.1) is 5.92 Å². The lowest BCUT2D eigenvalue weighted by Crippen LogP contribution is -2.06. The van der Waals surface area contributed by atoms with E-state index in [0.717, 1.165) is 41.9 Å². The molecule has 2 aromatic heterocycles. The molecule has 3 aromatic rings. The van der Waals surface area contributed by atoms with Crippen LogP contribution < -0.4 is 5.32 Å². The Bertz CT molecular complexity index is 1000. The highest BCUT2D eigenvalue weighted by molar-refractivity contribution is 5.94. The maximum Gasteiger partial charge on any atom is 0.339 e. The lowest BCUT2D eigenvalue weighted by Gasteiger charge is -2.11. The number of nitrogens with zero attached hydrogens (tertiary/aromatic N) is 2. The van der Waals surface area contributed by atoms with E-state index >= 15 is 0 Å². The van der Waals surface area contributed by atoms with Crippen molar-refractivity contribution in [2.45, 2.75) is 38.1 Å². The predicted molar refractivity (Wildman–Crippen MR) is 101 cm³/mol. The van der Waals surface area contributed by atoms with Crippen molar-refractivity contribution in [2.24, 2.45) is 5.92 Å². The van der Waals surface area contributed by atoms with Crippen molar-refractivity contribution in [3.05, 3.63) is 53.9 Å². The summed E-state index contributed by atoms with van der Waals surface area (Å²) in [6, 6.07) is 10.0. The lowest BCUT2D eigenvalue weighted by atomic mass is 10.1. The van der Waals surface area contributed by atoms with Gasteiger partial charge in [-0.3, -0.25) is 0 Å².